The van der Waals surface area contributed by atoms with Gasteiger partial charge in [-0.2, -0.15) is 5.26 Å². The van der Waals surface area contributed by atoms with Crippen molar-refractivity contribution in [2.75, 3.05) is 11.9 Å². The topological polar surface area (TPSA) is 48.7 Å². The van der Waals surface area contributed by atoms with Gasteiger partial charge in [0.2, 0.25) is 0 Å². The summed E-state index contributed by atoms with van der Waals surface area (Å²) >= 11 is 0. The first-order chi connectivity index (χ1) is 7.28. The lowest BCUT2D eigenvalue weighted by Crippen LogP contribution is -2.28. The minimum atomic E-state index is 0.294. The van der Waals surface area contributed by atoms with Crippen molar-refractivity contribution >= 4 is 5.82 Å². The van der Waals surface area contributed by atoms with Crippen LogP contribution in [0.1, 0.15) is 18.4 Å². The van der Waals surface area contributed by atoms with Crippen molar-refractivity contribution in [2.45, 2.75) is 19.8 Å². The quantitative estimate of drug-likeness (QED) is 0.816. The second-order valence-electron chi connectivity index (χ2n) is 4.27. The predicted molar refractivity (Wildman–Crippen MR) is 59.3 cm³/mol. The Hall–Kier alpha value is -1.56. The number of nitrogens with zero attached hydrogens (tertiary/aromatic N) is 2. The van der Waals surface area contributed by atoms with E-state index in [4.69, 9.17) is 5.26 Å². The number of pyridine rings is 1. The number of hydrogen-bond acceptors (Lipinski definition) is 3. The lowest BCUT2D eigenvalue weighted by molar-refractivity contribution is 0.260. The molecule has 1 N–H and O–H groups in total. The largest absolute Gasteiger partial charge is 0.370 e. The monoisotopic (exact) mass is 201 g/mol. The molecule has 1 saturated carbocycles. The van der Waals surface area contributed by atoms with E-state index in [1.807, 2.05) is 25.3 Å². The lowest BCUT2D eigenvalue weighted by atomic mass is 9.76. The van der Waals surface area contributed by atoms with E-state index in [9.17, 15) is 0 Å². The van der Waals surface area contributed by atoms with Crippen LogP contribution in [0.15, 0.2) is 18.3 Å². The van der Waals surface area contributed by atoms with Gasteiger partial charge in [-0.25, -0.2) is 4.98 Å². The zero-order valence-electron chi connectivity index (χ0n) is 8.90. The van der Waals surface area contributed by atoms with Gasteiger partial charge >= 0.3 is 0 Å². The first-order valence-corrected chi connectivity index (χ1v) is 5.34. The Morgan fingerprint density at radius 3 is 2.93 bits per heavy atom. The molecule has 1 heterocycles. The zero-order valence-corrected chi connectivity index (χ0v) is 8.90. The van der Waals surface area contributed by atoms with Crippen LogP contribution in [0.4, 0.5) is 5.82 Å². The Labute approximate surface area is 90.1 Å². The first-order valence-electron chi connectivity index (χ1n) is 5.34. The van der Waals surface area contributed by atoms with Crippen molar-refractivity contribution in [2.24, 2.45) is 11.8 Å². The molecule has 2 rings (SSSR count). The van der Waals surface area contributed by atoms with Crippen molar-refractivity contribution in [3.8, 4) is 6.07 Å². The fourth-order valence-corrected chi connectivity index (χ4v) is 1.83. The fraction of sp³-hybridized carbons (Fsp3) is 0.500. The Morgan fingerprint density at radius 2 is 2.33 bits per heavy atom. The molecule has 1 aromatic rings. The average Bonchev–Trinajstić information content (AvgIpc) is 2.19. The molecular weight excluding hydrogens is 186 g/mol. The van der Waals surface area contributed by atoms with Crippen LogP contribution >= 0.6 is 0 Å². The SMILES string of the molecule is Cc1ccc(NCC2CC(C#N)C2)nc1. The van der Waals surface area contributed by atoms with E-state index in [1.165, 1.54) is 5.56 Å². The highest BCUT2D eigenvalue weighted by atomic mass is 15.0. The summed E-state index contributed by atoms with van der Waals surface area (Å²) in [5.74, 6) is 1.88. The third-order valence-electron chi connectivity index (χ3n) is 2.90. The number of rotatable bonds is 3. The minimum Gasteiger partial charge on any atom is -0.370 e. The van der Waals surface area contributed by atoms with Crippen molar-refractivity contribution in [1.82, 2.24) is 4.98 Å². The second kappa shape index (κ2) is 4.31. The molecule has 0 radical (unpaired) electrons. The van der Waals surface area contributed by atoms with Gasteiger partial charge < -0.3 is 5.32 Å². The summed E-state index contributed by atoms with van der Waals surface area (Å²) in [6.45, 7) is 2.97. The van der Waals surface area contributed by atoms with Crippen LogP contribution < -0.4 is 5.32 Å². The van der Waals surface area contributed by atoms with Crippen LogP contribution in [0.2, 0.25) is 0 Å². The molecule has 0 aromatic carbocycles. The third-order valence-corrected chi connectivity index (χ3v) is 2.90. The van der Waals surface area contributed by atoms with Crippen LogP contribution in [0, 0.1) is 30.1 Å². The Balaban J connectivity index is 1.75. The molecule has 1 aliphatic rings. The normalized spacial score (nSPS) is 24.0. The van der Waals surface area contributed by atoms with Gasteiger partial charge in [0.1, 0.15) is 5.82 Å². The van der Waals surface area contributed by atoms with Crippen molar-refractivity contribution < 1.29 is 0 Å². The highest BCUT2D eigenvalue weighted by molar-refractivity contribution is 5.35. The molecule has 0 atom stereocenters. The van der Waals surface area contributed by atoms with Gasteiger partial charge in [-0.15, -0.1) is 0 Å². The lowest BCUT2D eigenvalue weighted by Gasteiger charge is -2.30. The van der Waals surface area contributed by atoms with Gasteiger partial charge in [0, 0.05) is 18.7 Å². The molecule has 3 heteroatoms. The highest BCUT2D eigenvalue weighted by Gasteiger charge is 2.28. The van der Waals surface area contributed by atoms with Crippen LogP contribution in [0.3, 0.4) is 0 Å². The van der Waals surface area contributed by atoms with E-state index >= 15 is 0 Å². The fourth-order valence-electron chi connectivity index (χ4n) is 1.83. The maximum absolute atomic E-state index is 8.64. The van der Waals surface area contributed by atoms with Gasteiger partial charge in [-0.05, 0) is 37.3 Å². The molecular formula is C12H15N3. The summed E-state index contributed by atoms with van der Waals surface area (Å²) in [4.78, 5) is 4.27. The maximum atomic E-state index is 8.64. The zero-order chi connectivity index (χ0) is 10.7. The van der Waals surface area contributed by atoms with Crippen molar-refractivity contribution in [3.63, 3.8) is 0 Å². The summed E-state index contributed by atoms with van der Waals surface area (Å²) in [5, 5.41) is 11.9. The summed E-state index contributed by atoms with van der Waals surface area (Å²) in [5.41, 5.74) is 1.17. The van der Waals surface area contributed by atoms with E-state index in [0.29, 0.717) is 11.8 Å². The molecule has 1 aliphatic carbocycles. The second-order valence-corrected chi connectivity index (χ2v) is 4.27. The minimum absolute atomic E-state index is 0.294. The third kappa shape index (κ3) is 2.47. The predicted octanol–water partition coefficient (Wildman–Crippen LogP) is 2.35. The molecule has 1 fully saturated rings. The molecule has 0 bridgehead atoms. The number of anilines is 1. The Kier molecular flexibility index (Phi) is 2.86. The van der Waals surface area contributed by atoms with Crippen LogP contribution in [-0.2, 0) is 0 Å². The molecule has 15 heavy (non-hydrogen) atoms. The molecule has 3 nitrogen and oxygen atoms in total. The Morgan fingerprint density at radius 1 is 1.53 bits per heavy atom. The molecule has 0 spiro atoms. The van der Waals surface area contributed by atoms with E-state index in [1.54, 1.807) is 0 Å². The molecule has 0 unspecified atom stereocenters. The highest BCUT2D eigenvalue weighted by Crippen LogP contribution is 2.32. The smallest absolute Gasteiger partial charge is 0.125 e. The number of aryl methyl sites for hydroxylation is 1. The van der Waals surface area contributed by atoms with E-state index < -0.39 is 0 Å². The summed E-state index contributed by atoms with van der Waals surface area (Å²) in [6, 6.07) is 6.34. The van der Waals surface area contributed by atoms with Crippen LogP contribution in [0.5, 0.6) is 0 Å². The summed E-state index contributed by atoms with van der Waals surface area (Å²) in [7, 11) is 0. The first kappa shape index (κ1) is 9.97. The molecule has 0 aliphatic heterocycles. The van der Waals surface area contributed by atoms with Crippen LogP contribution in [-0.4, -0.2) is 11.5 Å². The van der Waals surface area contributed by atoms with Gasteiger partial charge in [0.05, 0.1) is 6.07 Å². The van der Waals surface area contributed by atoms with Gasteiger partial charge in [-0.3, -0.25) is 0 Å². The van der Waals surface area contributed by atoms with Crippen molar-refractivity contribution in [1.29, 1.82) is 5.26 Å². The maximum Gasteiger partial charge on any atom is 0.125 e. The average molecular weight is 201 g/mol. The Bertz CT molecular complexity index is 357. The van der Waals surface area contributed by atoms with Gasteiger partial charge in [-0.1, -0.05) is 6.07 Å². The van der Waals surface area contributed by atoms with Crippen LogP contribution in [0.25, 0.3) is 0 Å². The summed E-state index contributed by atoms with van der Waals surface area (Å²) < 4.78 is 0. The summed E-state index contributed by atoms with van der Waals surface area (Å²) in [6.07, 6.45) is 3.94. The number of nitrogens with one attached hydrogen (secondary N) is 1. The van der Waals surface area contributed by atoms with E-state index in [2.05, 4.69) is 16.4 Å². The number of nitriles is 1. The molecule has 78 valence electrons. The van der Waals surface area contributed by atoms with Gasteiger partial charge in [0.15, 0.2) is 0 Å². The number of aromatic nitrogens is 1. The van der Waals surface area contributed by atoms with Gasteiger partial charge in [0.25, 0.3) is 0 Å². The molecule has 0 amide bonds. The molecule has 1 aromatic heterocycles. The van der Waals surface area contributed by atoms with E-state index in [0.717, 1.165) is 25.2 Å². The van der Waals surface area contributed by atoms with Crippen molar-refractivity contribution in [3.05, 3.63) is 23.9 Å². The standard InChI is InChI=1S/C12H15N3/c1-9-2-3-12(14-7-9)15-8-11-4-10(5-11)6-13/h2-3,7,10-11H,4-5,8H2,1H3,(H,14,15). The number of hydrogen-bond donors (Lipinski definition) is 1. The molecule has 0 saturated heterocycles. The van der Waals surface area contributed by atoms with E-state index in [-0.39, 0.29) is 0 Å².